The maximum atomic E-state index is 13.8. The number of aliphatic hydroxyl groups is 2. The van der Waals surface area contributed by atoms with Crippen LogP contribution in [0.2, 0.25) is 0 Å². The minimum Gasteiger partial charge on any atom is -0.423 e. The molecule has 3 rings (SSSR count). The Bertz CT molecular complexity index is 1970. The van der Waals surface area contributed by atoms with Crippen molar-refractivity contribution in [2.45, 2.75) is 0 Å². The standard InChI is InChI=1S/C63H105N3O22/c1-64(2)57-9-12-60(13-10-57)88-63(69)62-55-59(65(3)4)11-14-61(62)56-5-7-58(8-6-56)66(15-19-70-23-27-74-31-35-78-39-43-82-47-51-86-53-49-84-45-41-80-37-33-76-29-25-72-21-17-67)16-20-71-24-28-75-32-36-79-40-44-83-48-52-87-54-50-85-46-42-81-38-34-77-30-26-73-22-18-68/h5-14,55,67-68H,15-54H2,1-4H3. The smallest absolute Gasteiger partial charge is 0.344 e. The molecular weight excluding hydrogens is 1150 g/mol. The van der Waals surface area contributed by atoms with Gasteiger partial charge >= 0.3 is 5.97 Å². The number of aliphatic hydroxyl groups excluding tert-OH is 2. The zero-order valence-corrected chi connectivity index (χ0v) is 53.0. The summed E-state index contributed by atoms with van der Waals surface area (Å²) >= 11 is 0. The molecule has 0 fully saturated rings. The van der Waals surface area contributed by atoms with Gasteiger partial charge in [-0.05, 0) is 59.7 Å². The summed E-state index contributed by atoms with van der Waals surface area (Å²) in [6, 6.07) is 21.4. The van der Waals surface area contributed by atoms with E-state index < -0.39 is 5.97 Å². The summed E-state index contributed by atoms with van der Waals surface area (Å²) in [7, 11) is 7.80. The molecule has 0 saturated carbocycles. The normalized spacial score (nSPS) is 11.5. The van der Waals surface area contributed by atoms with E-state index in [0.29, 0.717) is 262 Å². The molecule has 0 unspecified atom stereocenters. The van der Waals surface area contributed by atoms with Crippen LogP contribution in [0.3, 0.4) is 0 Å². The fourth-order valence-corrected chi connectivity index (χ4v) is 7.63. The minimum absolute atomic E-state index is 0.00908. The van der Waals surface area contributed by atoms with Gasteiger partial charge in [0, 0.05) is 58.3 Å². The van der Waals surface area contributed by atoms with Gasteiger partial charge in [-0.1, -0.05) is 18.2 Å². The first-order valence-electron chi connectivity index (χ1n) is 30.6. The molecule has 0 bridgehead atoms. The molecule has 0 aliphatic carbocycles. The highest BCUT2D eigenvalue weighted by atomic mass is 16.6. The first kappa shape index (κ1) is 78.0. The third-order valence-corrected chi connectivity index (χ3v) is 12.3. The molecule has 0 atom stereocenters. The lowest BCUT2D eigenvalue weighted by Gasteiger charge is -2.25. The molecule has 0 heterocycles. The topological polar surface area (TPSA) is 243 Å². The number of carbonyl (C=O) groups is 1. The number of hydrogen-bond acceptors (Lipinski definition) is 25. The SMILES string of the molecule is CN(C)c1ccc(OC(=O)c2cc(N(C)C)ccc2-c2ccc(N(CCOCCOCCOCCOCCOCCOCCOCCOCCOCCO)CCOCCOCCOCCOCCOCCOCCOCCOCCOCCO)cc2)cc1. The lowest BCUT2D eigenvalue weighted by molar-refractivity contribution is -0.0255. The number of anilines is 3. The monoisotopic (exact) mass is 1260 g/mol. The van der Waals surface area contributed by atoms with Crippen molar-refractivity contribution in [1.29, 1.82) is 0 Å². The Morgan fingerprint density at radius 1 is 0.307 bits per heavy atom. The van der Waals surface area contributed by atoms with Crippen LogP contribution in [0, 0.1) is 0 Å². The first-order chi connectivity index (χ1) is 43.3. The maximum Gasteiger partial charge on any atom is 0.344 e. The van der Waals surface area contributed by atoms with Crippen LogP contribution in [0.5, 0.6) is 5.75 Å². The molecule has 0 spiro atoms. The lowest BCUT2D eigenvalue weighted by atomic mass is 9.98. The van der Waals surface area contributed by atoms with Crippen molar-refractivity contribution in [3.63, 3.8) is 0 Å². The van der Waals surface area contributed by atoms with Crippen LogP contribution in [0.1, 0.15) is 10.4 Å². The summed E-state index contributed by atoms with van der Waals surface area (Å²) in [4.78, 5) is 20.0. The van der Waals surface area contributed by atoms with Crippen molar-refractivity contribution < 1.29 is 105 Å². The van der Waals surface area contributed by atoms with Gasteiger partial charge in [-0.15, -0.1) is 0 Å². The lowest BCUT2D eigenvalue weighted by Crippen LogP contribution is -2.31. The van der Waals surface area contributed by atoms with Crippen molar-refractivity contribution in [3.05, 3.63) is 72.3 Å². The third kappa shape index (κ3) is 41.9. The summed E-state index contributed by atoms with van der Waals surface area (Å²) < 4.78 is 106. The van der Waals surface area contributed by atoms with E-state index in [1.54, 1.807) is 12.1 Å². The molecule has 0 radical (unpaired) electrons. The molecule has 0 saturated heterocycles. The van der Waals surface area contributed by atoms with E-state index in [2.05, 4.69) is 4.90 Å². The highest BCUT2D eigenvalue weighted by Crippen LogP contribution is 2.31. The van der Waals surface area contributed by atoms with Crippen LogP contribution in [0.4, 0.5) is 17.1 Å². The number of esters is 1. The fourth-order valence-electron chi connectivity index (χ4n) is 7.63. The first-order valence-corrected chi connectivity index (χ1v) is 30.6. The second-order valence-corrected chi connectivity index (χ2v) is 19.4. The Morgan fingerprint density at radius 2 is 0.557 bits per heavy atom. The molecule has 2 N–H and O–H groups in total. The Labute approximate surface area is 522 Å². The van der Waals surface area contributed by atoms with E-state index in [1.165, 1.54) is 0 Å². The van der Waals surface area contributed by atoms with Crippen LogP contribution in [-0.2, 0) is 85.3 Å². The molecule has 88 heavy (non-hydrogen) atoms. The average Bonchev–Trinajstić information content (AvgIpc) is 3.50. The van der Waals surface area contributed by atoms with Gasteiger partial charge in [0.2, 0.25) is 0 Å². The van der Waals surface area contributed by atoms with Gasteiger partial charge in [-0.2, -0.15) is 0 Å². The molecule has 504 valence electrons. The molecule has 3 aromatic carbocycles. The van der Waals surface area contributed by atoms with Crippen molar-refractivity contribution >= 4 is 23.0 Å². The van der Waals surface area contributed by atoms with E-state index >= 15 is 0 Å². The maximum absolute atomic E-state index is 13.8. The predicted octanol–water partition coefficient (Wildman–Crippen LogP) is 3.79. The quantitative estimate of drug-likeness (QED) is 0.0464. The molecule has 25 heteroatoms. The van der Waals surface area contributed by atoms with Gasteiger partial charge in [0.1, 0.15) is 5.75 Å². The molecule has 25 nitrogen and oxygen atoms in total. The van der Waals surface area contributed by atoms with Gasteiger partial charge in [0.25, 0.3) is 0 Å². The van der Waals surface area contributed by atoms with Gasteiger partial charge in [-0.25, -0.2) is 4.79 Å². The highest BCUT2D eigenvalue weighted by molar-refractivity contribution is 5.99. The van der Waals surface area contributed by atoms with E-state index in [9.17, 15) is 4.79 Å². The number of ether oxygens (including phenoxy) is 19. The van der Waals surface area contributed by atoms with Crippen molar-refractivity contribution in [3.8, 4) is 16.9 Å². The molecule has 3 aromatic rings. The van der Waals surface area contributed by atoms with Crippen LogP contribution >= 0.6 is 0 Å². The fraction of sp³-hybridized carbons (Fsp3) is 0.698. The highest BCUT2D eigenvalue weighted by Gasteiger charge is 2.18. The Morgan fingerprint density at radius 3 is 0.830 bits per heavy atom. The number of rotatable bonds is 64. The summed E-state index contributed by atoms with van der Waals surface area (Å²) in [6.07, 6.45) is 0. The summed E-state index contributed by atoms with van der Waals surface area (Å²) in [5, 5.41) is 17.3. The Hall–Kier alpha value is -4.27. The number of hydrogen-bond donors (Lipinski definition) is 2. The summed E-state index contributed by atoms with van der Waals surface area (Å²) in [5.74, 6) is 0.0232. The Balaban J connectivity index is 1.30. The minimum atomic E-state index is -0.442. The van der Waals surface area contributed by atoms with E-state index in [0.717, 1.165) is 28.2 Å². The van der Waals surface area contributed by atoms with Gasteiger partial charge in [0.05, 0.1) is 257 Å². The number of nitrogens with zero attached hydrogens (tertiary/aromatic N) is 3. The number of carbonyl (C=O) groups excluding carboxylic acids is 1. The predicted molar refractivity (Wildman–Crippen MR) is 333 cm³/mol. The van der Waals surface area contributed by atoms with Gasteiger partial charge < -0.3 is 115 Å². The summed E-state index contributed by atoms with van der Waals surface area (Å²) in [5.41, 5.74) is 4.95. The second-order valence-electron chi connectivity index (χ2n) is 19.4. The van der Waals surface area contributed by atoms with E-state index in [4.69, 9.17) is 100 Å². The third-order valence-electron chi connectivity index (χ3n) is 12.3. The van der Waals surface area contributed by atoms with Crippen LogP contribution in [0.15, 0.2) is 66.7 Å². The van der Waals surface area contributed by atoms with Crippen molar-refractivity contribution in [2.75, 3.05) is 307 Å². The van der Waals surface area contributed by atoms with Crippen molar-refractivity contribution in [2.24, 2.45) is 0 Å². The molecule has 0 aromatic heterocycles. The largest absolute Gasteiger partial charge is 0.423 e. The molecule has 0 aliphatic heterocycles. The second kappa shape index (κ2) is 56.7. The molecule has 0 aliphatic rings. The van der Waals surface area contributed by atoms with E-state index in [1.807, 2.05) is 92.6 Å². The summed E-state index contributed by atoms with van der Waals surface area (Å²) in [6.45, 7) is 17.5. The van der Waals surface area contributed by atoms with Crippen LogP contribution in [0.25, 0.3) is 11.1 Å². The van der Waals surface area contributed by atoms with Gasteiger partial charge in [-0.3, -0.25) is 0 Å². The van der Waals surface area contributed by atoms with Crippen LogP contribution < -0.4 is 19.4 Å². The van der Waals surface area contributed by atoms with E-state index in [-0.39, 0.29) is 13.2 Å². The zero-order chi connectivity index (χ0) is 62.8. The van der Waals surface area contributed by atoms with Gasteiger partial charge in [0.15, 0.2) is 0 Å². The van der Waals surface area contributed by atoms with Crippen molar-refractivity contribution in [1.82, 2.24) is 0 Å². The molecule has 0 amide bonds. The number of benzene rings is 3. The zero-order valence-electron chi connectivity index (χ0n) is 53.0. The van der Waals surface area contributed by atoms with Crippen LogP contribution in [-0.4, -0.2) is 309 Å². The Kier molecular flexibility index (Phi) is 50.2. The average molecular weight is 1260 g/mol. The molecular formula is C63H105N3O22.